The number of carboxylic acid groups (broad SMARTS) is 1. The summed E-state index contributed by atoms with van der Waals surface area (Å²) in [6, 6.07) is 6.79. The van der Waals surface area contributed by atoms with Gasteiger partial charge in [0.1, 0.15) is 5.78 Å². The van der Waals surface area contributed by atoms with E-state index in [0.717, 1.165) is 37.7 Å². The first kappa shape index (κ1) is 20.7. The van der Waals surface area contributed by atoms with Gasteiger partial charge in [0.25, 0.3) is 0 Å². The van der Waals surface area contributed by atoms with Crippen LogP contribution in [0.4, 0.5) is 10.5 Å². The number of rotatable bonds is 10. The summed E-state index contributed by atoms with van der Waals surface area (Å²) in [6.07, 6.45) is 10.3. The maximum Gasteiger partial charge on any atom is 0.316 e. The molecule has 2 atom stereocenters. The van der Waals surface area contributed by atoms with Crippen molar-refractivity contribution in [3.63, 3.8) is 0 Å². The molecule has 0 heterocycles. The Morgan fingerprint density at radius 1 is 1.15 bits per heavy atom. The number of primary amides is 1. The number of amides is 2. The lowest BCUT2D eigenvalue weighted by atomic mass is 9.89. The Hall–Kier alpha value is -2.63. The number of aliphatic carboxylic acids is 1. The van der Waals surface area contributed by atoms with E-state index in [9.17, 15) is 14.4 Å². The van der Waals surface area contributed by atoms with Crippen molar-refractivity contribution in [3.05, 3.63) is 35.9 Å². The van der Waals surface area contributed by atoms with E-state index in [-0.39, 0.29) is 18.3 Å². The number of carbonyl (C=O) groups is 3. The Kier molecular flexibility index (Phi) is 8.04. The second-order valence-electron chi connectivity index (χ2n) is 7.09. The minimum Gasteiger partial charge on any atom is -0.481 e. The molecule has 4 N–H and O–H groups in total. The van der Waals surface area contributed by atoms with Gasteiger partial charge in [-0.25, -0.2) is 4.79 Å². The number of unbranched alkanes of at least 4 members (excludes halogenated alkanes) is 3. The predicted molar refractivity (Wildman–Crippen MR) is 105 cm³/mol. The Bertz CT molecular complexity index is 682. The third-order valence-electron chi connectivity index (χ3n) is 5.02. The highest BCUT2D eigenvalue weighted by atomic mass is 16.4. The average molecular weight is 372 g/mol. The summed E-state index contributed by atoms with van der Waals surface area (Å²) in [6.45, 7) is 0. The molecule has 0 radical (unpaired) electrons. The number of nitrogens with one attached hydrogen (secondary N) is 1. The van der Waals surface area contributed by atoms with Gasteiger partial charge in [-0.15, -0.1) is 0 Å². The SMILES string of the molecule is NC(=O)Nc1ccc(C=C[C@H]2CCC(=O)[C@@H]2CCCCCCC(=O)O)cc1. The van der Waals surface area contributed by atoms with Gasteiger partial charge in [0.2, 0.25) is 0 Å². The van der Waals surface area contributed by atoms with Crippen molar-refractivity contribution < 1.29 is 19.5 Å². The van der Waals surface area contributed by atoms with E-state index in [2.05, 4.69) is 11.4 Å². The molecule has 27 heavy (non-hydrogen) atoms. The van der Waals surface area contributed by atoms with E-state index < -0.39 is 12.0 Å². The van der Waals surface area contributed by atoms with Crippen LogP contribution in [0.1, 0.15) is 56.9 Å². The topological polar surface area (TPSA) is 109 Å². The van der Waals surface area contributed by atoms with Crippen molar-refractivity contribution in [2.24, 2.45) is 17.6 Å². The van der Waals surface area contributed by atoms with Gasteiger partial charge in [0.05, 0.1) is 0 Å². The summed E-state index contributed by atoms with van der Waals surface area (Å²) in [4.78, 5) is 33.5. The van der Waals surface area contributed by atoms with Crippen molar-refractivity contribution >= 4 is 29.5 Å². The van der Waals surface area contributed by atoms with E-state index >= 15 is 0 Å². The van der Waals surface area contributed by atoms with Crippen LogP contribution < -0.4 is 11.1 Å². The summed E-state index contributed by atoms with van der Waals surface area (Å²) in [5.74, 6) is -0.0581. The maximum absolute atomic E-state index is 12.2. The van der Waals surface area contributed by atoms with Crippen LogP contribution >= 0.6 is 0 Å². The normalized spacial score (nSPS) is 19.5. The molecule has 1 aromatic carbocycles. The molecule has 1 fully saturated rings. The van der Waals surface area contributed by atoms with Crippen LogP contribution in [-0.4, -0.2) is 22.9 Å². The molecule has 1 aliphatic carbocycles. The molecule has 1 aromatic rings. The monoisotopic (exact) mass is 372 g/mol. The number of ketones is 1. The molecule has 146 valence electrons. The van der Waals surface area contributed by atoms with Crippen LogP contribution in [0.15, 0.2) is 30.3 Å². The van der Waals surface area contributed by atoms with Crippen molar-refractivity contribution in [1.82, 2.24) is 0 Å². The zero-order valence-electron chi connectivity index (χ0n) is 15.5. The van der Waals surface area contributed by atoms with Gasteiger partial charge in [-0.1, -0.05) is 43.5 Å². The number of anilines is 1. The number of carbonyl (C=O) groups excluding carboxylic acids is 2. The summed E-state index contributed by atoms with van der Waals surface area (Å²) < 4.78 is 0. The fraction of sp³-hybridized carbons (Fsp3) is 0.476. The Labute approximate surface area is 159 Å². The quantitative estimate of drug-likeness (QED) is 0.534. The molecule has 0 spiro atoms. The van der Waals surface area contributed by atoms with Gasteiger partial charge in [0, 0.05) is 24.4 Å². The second kappa shape index (κ2) is 10.5. The van der Waals surface area contributed by atoms with Crippen molar-refractivity contribution in [1.29, 1.82) is 0 Å². The number of hydrogen-bond acceptors (Lipinski definition) is 3. The molecule has 0 unspecified atom stereocenters. The van der Waals surface area contributed by atoms with Crippen molar-refractivity contribution in [2.75, 3.05) is 5.32 Å². The van der Waals surface area contributed by atoms with E-state index in [1.165, 1.54) is 0 Å². The van der Waals surface area contributed by atoms with Crippen LogP contribution in [0.25, 0.3) is 6.08 Å². The number of carboxylic acids is 1. The molecule has 2 amide bonds. The average Bonchev–Trinajstić information content (AvgIpc) is 2.96. The smallest absolute Gasteiger partial charge is 0.316 e. The van der Waals surface area contributed by atoms with Gasteiger partial charge in [0.15, 0.2) is 0 Å². The summed E-state index contributed by atoms with van der Waals surface area (Å²) in [7, 11) is 0. The molecule has 6 nitrogen and oxygen atoms in total. The van der Waals surface area contributed by atoms with Gasteiger partial charge >= 0.3 is 12.0 Å². The first-order valence-electron chi connectivity index (χ1n) is 9.55. The van der Waals surface area contributed by atoms with E-state index in [4.69, 9.17) is 10.8 Å². The minimum absolute atomic E-state index is 0.0801. The lowest BCUT2D eigenvalue weighted by Gasteiger charge is -2.14. The zero-order chi connectivity index (χ0) is 19.6. The molecule has 0 saturated heterocycles. The molecule has 1 saturated carbocycles. The van der Waals surface area contributed by atoms with Crippen molar-refractivity contribution in [2.45, 2.75) is 51.4 Å². The van der Waals surface area contributed by atoms with E-state index in [1.54, 1.807) is 12.1 Å². The summed E-state index contributed by atoms with van der Waals surface area (Å²) in [5, 5.41) is 11.2. The highest BCUT2D eigenvalue weighted by Crippen LogP contribution is 2.34. The van der Waals surface area contributed by atoms with Crippen LogP contribution in [0, 0.1) is 11.8 Å². The van der Waals surface area contributed by atoms with Crippen molar-refractivity contribution in [3.8, 4) is 0 Å². The summed E-state index contributed by atoms with van der Waals surface area (Å²) >= 11 is 0. The zero-order valence-corrected chi connectivity index (χ0v) is 15.5. The number of nitrogens with two attached hydrogens (primary N) is 1. The van der Waals surface area contributed by atoms with E-state index in [0.29, 0.717) is 24.3 Å². The molecule has 2 rings (SSSR count). The van der Waals surface area contributed by atoms with Crippen LogP contribution in [-0.2, 0) is 9.59 Å². The molecule has 1 aliphatic rings. The fourth-order valence-corrected chi connectivity index (χ4v) is 3.59. The lowest BCUT2D eigenvalue weighted by Crippen LogP contribution is -2.19. The Balaban J connectivity index is 1.81. The maximum atomic E-state index is 12.2. The Morgan fingerprint density at radius 2 is 1.85 bits per heavy atom. The van der Waals surface area contributed by atoms with Crippen LogP contribution in [0.3, 0.4) is 0 Å². The first-order valence-corrected chi connectivity index (χ1v) is 9.55. The predicted octanol–water partition coefficient (Wildman–Crippen LogP) is 4.21. The summed E-state index contributed by atoms with van der Waals surface area (Å²) in [5.41, 5.74) is 6.75. The fourth-order valence-electron chi connectivity index (χ4n) is 3.59. The van der Waals surface area contributed by atoms with Gasteiger partial charge in [-0.05, 0) is 42.9 Å². The number of hydrogen-bond donors (Lipinski definition) is 3. The largest absolute Gasteiger partial charge is 0.481 e. The van der Waals surface area contributed by atoms with E-state index in [1.807, 2.05) is 18.2 Å². The second-order valence-corrected chi connectivity index (χ2v) is 7.09. The third-order valence-corrected chi connectivity index (χ3v) is 5.02. The molecule has 6 heteroatoms. The van der Waals surface area contributed by atoms with Crippen LogP contribution in [0.5, 0.6) is 0 Å². The molecule has 0 bridgehead atoms. The number of urea groups is 1. The molecular formula is C21H28N2O4. The third kappa shape index (κ3) is 7.25. The first-order chi connectivity index (χ1) is 13.0. The highest BCUT2D eigenvalue weighted by molar-refractivity contribution is 5.87. The Morgan fingerprint density at radius 3 is 2.52 bits per heavy atom. The van der Waals surface area contributed by atoms with Gasteiger partial charge in [-0.2, -0.15) is 0 Å². The van der Waals surface area contributed by atoms with Gasteiger partial charge in [-0.3, -0.25) is 9.59 Å². The minimum atomic E-state index is -0.746. The molecule has 0 aromatic heterocycles. The molecule has 0 aliphatic heterocycles. The number of benzene rings is 1. The number of allylic oxidation sites excluding steroid dienone is 1. The lowest BCUT2D eigenvalue weighted by molar-refractivity contribution is -0.137. The van der Waals surface area contributed by atoms with Crippen LogP contribution in [0.2, 0.25) is 0 Å². The highest BCUT2D eigenvalue weighted by Gasteiger charge is 2.32. The standard InChI is InChI=1S/C21H28N2O4/c22-21(27)23-17-12-8-15(9-13-17)7-10-16-11-14-19(24)18(16)5-3-1-2-4-6-20(25)26/h7-10,12-13,16,18H,1-6,11,14H2,(H,25,26)(H3,22,23,27)/t16-,18+/m0/s1. The molecular weight excluding hydrogens is 344 g/mol. The number of Topliss-reactive ketones (excluding diaryl/α,β-unsaturated/α-hetero) is 1. The van der Waals surface area contributed by atoms with Gasteiger partial charge < -0.3 is 16.2 Å².